The average molecular weight is 182 g/mol. The predicted molar refractivity (Wildman–Crippen MR) is 52.6 cm³/mol. The predicted octanol–water partition coefficient (Wildman–Crippen LogP) is 2.48. The number of rotatable bonds is 6. The zero-order valence-corrected chi connectivity index (χ0v) is 8.45. The van der Waals surface area contributed by atoms with Gasteiger partial charge in [0.15, 0.2) is 0 Å². The molecule has 13 heavy (non-hydrogen) atoms. The molecule has 1 rings (SSSR count). The van der Waals surface area contributed by atoms with Crippen LogP contribution >= 0.6 is 0 Å². The molecule has 0 saturated carbocycles. The lowest BCUT2D eigenvalue weighted by Gasteiger charge is -1.91. The smallest absolute Gasteiger partial charge is 0.120 e. The van der Waals surface area contributed by atoms with E-state index in [1.54, 1.807) is 0 Å². The lowest BCUT2D eigenvalue weighted by atomic mass is 10.1. The molecule has 1 aliphatic heterocycles. The number of ether oxygens (including phenoxy) is 1. The topological polar surface area (TPSA) is 29.6 Å². The number of aldehydes is 1. The van der Waals surface area contributed by atoms with Crippen molar-refractivity contribution < 1.29 is 9.53 Å². The van der Waals surface area contributed by atoms with Gasteiger partial charge in [-0.1, -0.05) is 11.6 Å². The highest BCUT2D eigenvalue weighted by molar-refractivity contribution is 5.49. The molecular weight excluding hydrogens is 164 g/mol. The molecule has 0 aromatic carbocycles. The Hall–Kier alpha value is -0.630. The number of hydrogen-bond donors (Lipinski definition) is 0. The molecule has 2 unspecified atom stereocenters. The number of carbonyl (C=O) groups excluding carboxylic acids is 1. The third-order valence-electron chi connectivity index (χ3n) is 2.26. The van der Waals surface area contributed by atoms with Gasteiger partial charge in [-0.3, -0.25) is 0 Å². The first kappa shape index (κ1) is 10.5. The Morgan fingerprint density at radius 3 is 2.38 bits per heavy atom. The van der Waals surface area contributed by atoms with Crippen LogP contribution in [0.5, 0.6) is 0 Å². The van der Waals surface area contributed by atoms with E-state index in [9.17, 15) is 4.79 Å². The van der Waals surface area contributed by atoms with Crippen LogP contribution in [0.3, 0.4) is 0 Å². The highest BCUT2D eigenvalue weighted by atomic mass is 16.6. The van der Waals surface area contributed by atoms with E-state index in [1.165, 1.54) is 5.57 Å². The second-order valence-corrected chi connectivity index (χ2v) is 3.82. The molecular formula is C11H18O2. The molecule has 2 heteroatoms. The van der Waals surface area contributed by atoms with Crippen LogP contribution < -0.4 is 0 Å². The summed E-state index contributed by atoms with van der Waals surface area (Å²) in [7, 11) is 0. The van der Waals surface area contributed by atoms with Crippen molar-refractivity contribution in [1.29, 1.82) is 0 Å². The summed E-state index contributed by atoms with van der Waals surface area (Å²) in [6.07, 6.45) is 7.76. The summed E-state index contributed by atoms with van der Waals surface area (Å²) in [5.41, 5.74) is 1.37. The fourth-order valence-corrected chi connectivity index (χ4v) is 1.46. The van der Waals surface area contributed by atoms with Gasteiger partial charge in [-0.25, -0.2) is 0 Å². The molecule has 0 aliphatic carbocycles. The van der Waals surface area contributed by atoms with E-state index in [1.807, 2.05) is 0 Å². The van der Waals surface area contributed by atoms with Crippen molar-refractivity contribution in [3.05, 3.63) is 11.6 Å². The number of allylic oxidation sites excluding steroid dienone is 2. The molecule has 0 aromatic heterocycles. The highest BCUT2D eigenvalue weighted by Crippen LogP contribution is 2.30. The molecule has 2 atom stereocenters. The van der Waals surface area contributed by atoms with Crippen LogP contribution in [0.15, 0.2) is 11.6 Å². The summed E-state index contributed by atoms with van der Waals surface area (Å²) in [5, 5.41) is 0. The van der Waals surface area contributed by atoms with Crippen LogP contribution in [-0.2, 0) is 9.53 Å². The van der Waals surface area contributed by atoms with Crippen LogP contribution in [-0.4, -0.2) is 18.5 Å². The molecule has 0 aromatic rings. The summed E-state index contributed by atoms with van der Waals surface area (Å²) in [6.45, 7) is 4.22. The van der Waals surface area contributed by atoms with E-state index in [2.05, 4.69) is 19.9 Å². The van der Waals surface area contributed by atoms with Crippen LogP contribution in [0.2, 0.25) is 0 Å². The Bertz CT molecular complexity index is 192. The van der Waals surface area contributed by atoms with E-state index in [4.69, 9.17) is 4.74 Å². The Kier molecular flexibility index (Phi) is 4.16. The maximum Gasteiger partial charge on any atom is 0.120 e. The molecule has 0 N–H and O–H groups in total. The van der Waals surface area contributed by atoms with E-state index in [-0.39, 0.29) is 0 Å². The molecule has 1 aliphatic rings. The molecule has 1 fully saturated rings. The number of carbonyl (C=O) groups is 1. The van der Waals surface area contributed by atoms with Crippen LogP contribution in [0.25, 0.3) is 0 Å². The highest BCUT2D eigenvalue weighted by Gasteiger charge is 2.36. The average Bonchev–Trinajstić information content (AvgIpc) is 2.80. The monoisotopic (exact) mass is 182 g/mol. The Morgan fingerprint density at radius 2 is 1.85 bits per heavy atom. The minimum absolute atomic E-state index is 0.371. The quantitative estimate of drug-likeness (QED) is 0.359. The van der Waals surface area contributed by atoms with Gasteiger partial charge in [0.25, 0.3) is 0 Å². The van der Waals surface area contributed by atoms with E-state index >= 15 is 0 Å². The van der Waals surface area contributed by atoms with Crippen LogP contribution in [0.1, 0.15) is 39.5 Å². The molecule has 2 nitrogen and oxygen atoms in total. The lowest BCUT2D eigenvalue weighted by Crippen LogP contribution is -1.93. The summed E-state index contributed by atoms with van der Waals surface area (Å²) in [5.74, 6) is 0. The Labute approximate surface area is 80.0 Å². The first-order chi connectivity index (χ1) is 6.24. The molecule has 1 heterocycles. The standard InChI is InChI=1S/C11H18O2/c1-9(2)5-3-6-10-11(13-10)7-4-8-12/h5,8,10-11H,3-4,6-7H2,1-2H3. The summed E-state index contributed by atoms with van der Waals surface area (Å²) in [4.78, 5) is 10.1. The van der Waals surface area contributed by atoms with Gasteiger partial charge >= 0.3 is 0 Å². The summed E-state index contributed by atoms with van der Waals surface area (Å²) < 4.78 is 5.41. The van der Waals surface area contributed by atoms with Gasteiger partial charge < -0.3 is 9.53 Å². The van der Waals surface area contributed by atoms with Crippen LogP contribution in [0.4, 0.5) is 0 Å². The third-order valence-corrected chi connectivity index (χ3v) is 2.26. The summed E-state index contributed by atoms with van der Waals surface area (Å²) >= 11 is 0. The Balaban J connectivity index is 2.01. The van der Waals surface area contributed by atoms with Gasteiger partial charge in [0.1, 0.15) is 6.29 Å². The van der Waals surface area contributed by atoms with Gasteiger partial charge in [-0.2, -0.15) is 0 Å². The molecule has 0 amide bonds. The van der Waals surface area contributed by atoms with Crippen molar-refractivity contribution >= 4 is 6.29 Å². The summed E-state index contributed by atoms with van der Waals surface area (Å²) in [6, 6.07) is 0. The molecule has 0 spiro atoms. The lowest BCUT2D eigenvalue weighted by molar-refractivity contribution is -0.108. The van der Waals surface area contributed by atoms with Crippen LogP contribution in [0, 0.1) is 0 Å². The molecule has 1 saturated heterocycles. The number of hydrogen-bond acceptors (Lipinski definition) is 2. The van der Waals surface area contributed by atoms with Crippen molar-refractivity contribution in [3.8, 4) is 0 Å². The number of epoxide rings is 1. The van der Waals surface area contributed by atoms with Crippen molar-refractivity contribution in [2.24, 2.45) is 0 Å². The van der Waals surface area contributed by atoms with Gasteiger partial charge in [0.05, 0.1) is 12.2 Å². The van der Waals surface area contributed by atoms with Gasteiger partial charge in [-0.05, 0) is 33.1 Å². The minimum atomic E-state index is 0.371. The second kappa shape index (κ2) is 5.18. The Morgan fingerprint density at radius 1 is 1.23 bits per heavy atom. The maximum absolute atomic E-state index is 10.1. The fourth-order valence-electron chi connectivity index (χ4n) is 1.46. The minimum Gasteiger partial charge on any atom is -0.370 e. The van der Waals surface area contributed by atoms with Gasteiger partial charge in [-0.15, -0.1) is 0 Å². The first-order valence-corrected chi connectivity index (χ1v) is 4.96. The molecule has 0 radical (unpaired) electrons. The maximum atomic E-state index is 10.1. The van der Waals surface area contributed by atoms with Crippen molar-refractivity contribution in [2.45, 2.75) is 51.7 Å². The van der Waals surface area contributed by atoms with E-state index < -0.39 is 0 Å². The zero-order valence-electron chi connectivity index (χ0n) is 8.45. The largest absolute Gasteiger partial charge is 0.370 e. The third kappa shape index (κ3) is 4.23. The first-order valence-electron chi connectivity index (χ1n) is 4.96. The van der Waals surface area contributed by atoms with E-state index in [0.717, 1.165) is 25.5 Å². The van der Waals surface area contributed by atoms with Crippen molar-refractivity contribution in [1.82, 2.24) is 0 Å². The molecule has 74 valence electrons. The normalized spacial score (nSPS) is 25.4. The van der Waals surface area contributed by atoms with Crippen molar-refractivity contribution in [3.63, 3.8) is 0 Å². The second-order valence-electron chi connectivity index (χ2n) is 3.82. The fraction of sp³-hybridized carbons (Fsp3) is 0.727. The van der Waals surface area contributed by atoms with Gasteiger partial charge in [0.2, 0.25) is 0 Å². The van der Waals surface area contributed by atoms with Crippen molar-refractivity contribution in [2.75, 3.05) is 0 Å². The zero-order chi connectivity index (χ0) is 9.68. The van der Waals surface area contributed by atoms with Gasteiger partial charge in [0, 0.05) is 6.42 Å². The SMILES string of the molecule is CC(C)=CCCC1OC1CCC=O. The van der Waals surface area contributed by atoms with E-state index in [0.29, 0.717) is 18.6 Å². The molecule has 0 bridgehead atoms.